The number of ether oxygens (including phenoxy) is 2. The summed E-state index contributed by atoms with van der Waals surface area (Å²) in [6.07, 6.45) is 3.85. The maximum absolute atomic E-state index is 11.6. The molecule has 0 radical (unpaired) electrons. The summed E-state index contributed by atoms with van der Waals surface area (Å²) in [5.74, 6) is 0.762. The highest BCUT2D eigenvalue weighted by molar-refractivity contribution is 5.19. The molecule has 0 saturated heterocycles. The van der Waals surface area contributed by atoms with Crippen molar-refractivity contribution in [3.05, 3.63) is 62.7 Å². The van der Waals surface area contributed by atoms with Crippen LogP contribution in [0.1, 0.15) is 52.1 Å². The van der Waals surface area contributed by atoms with Crippen LogP contribution in [0.25, 0.3) is 0 Å². The Morgan fingerprint density at radius 1 is 0.862 bits per heavy atom. The molecule has 7 nitrogen and oxygen atoms in total. The van der Waals surface area contributed by atoms with Gasteiger partial charge in [0.25, 0.3) is 0 Å². The molecule has 0 aliphatic heterocycles. The molecule has 0 saturated carbocycles. The van der Waals surface area contributed by atoms with Crippen molar-refractivity contribution in [3.8, 4) is 5.75 Å². The molecule has 2 aromatic rings. The predicted molar refractivity (Wildman–Crippen MR) is 109 cm³/mol. The van der Waals surface area contributed by atoms with Crippen LogP contribution in [-0.2, 0) is 20.3 Å². The largest absolute Gasteiger partial charge is 0.502 e. The van der Waals surface area contributed by atoms with Crippen LogP contribution in [0.2, 0.25) is 0 Å². The lowest BCUT2D eigenvalue weighted by Crippen LogP contribution is -2.23. The molecule has 0 aromatic carbocycles. The Bertz CT molecular complexity index is 892. The van der Waals surface area contributed by atoms with Gasteiger partial charge >= 0.3 is 0 Å². The normalized spacial score (nSPS) is 12.3. The van der Waals surface area contributed by atoms with Gasteiger partial charge in [-0.25, -0.2) is 0 Å². The van der Waals surface area contributed by atoms with Gasteiger partial charge in [-0.05, 0) is 12.8 Å². The summed E-state index contributed by atoms with van der Waals surface area (Å²) >= 11 is 0. The number of rotatable bonds is 11. The van der Waals surface area contributed by atoms with E-state index < -0.39 is 16.6 Å². The maximum Gasteiger partial charge on any atom is 0.226 e. The predicted octanol–water partition coefficient (Wildman–Crippen LogP) is 3.37. The van der Waals surface area contributed by atoms with E-state index in [4.69, 9.17) is 18.3 Å². The molecule has 0 bridgehead atoms. The summed E-state index contributed by atoms with van der Waals surface area (Å²) in [4.78, 5) is 23.0. The van der Waals surface area contributed by atoms with E-state index in [1.165, 1.54) is 24.5 Å². The minimum absolute atomic E-state index is 0.0665. The van der Waals surface area contributed by atoms with Gasteiger partial charge in [0.1, 0.15) is 17.8 Å². The van der Waals surface area contributed by atoms with Crippen molar-refractivity contribution in [3.63, 3.8) is 0 Å². The Morgan fingerprint density at radius 2 is 1.41 bits per heavy atom. The molecule has 0 spiro atoms. The fourth-order valence-corrected chi connectivity index (χ4v) is 2.72. The van der Waals surface area contributed by atoms with Crippen LogP contribution in [0, 0.1) is 0 Å². The standard InChI is InChI=1S/C22H30O7/c1-21(2,19-13-16(23)5-8-28-19)6-9-26-11-12-27-10-7-22(3,4)20-14-17(24)18(25)15-29-20/h5,8,13-15,25H,6-7,9-12H2,1-4H3. The molecule has 0 atom stereocenters. The van der Waals surface area contributed by atoms with E-state index >= 15 is 0 Å². The molecule has 0 unspecified atom stereocenters. The van der Waals surface area contributed by atoms with Gasteiger partial charge in [0.05, 0.1) is 19.5 Å². The summed E-state index contributed by atoms with van der Waals surface area (Å²) in [7, 11) is 0. The third-order valence-corrected chi connectivity index (χ3v) is 4.96. The van der Waals surface area contributed by atoms with Crippen molar-refractivity contribution < 1.29 is 23.4 Å². The number of aromatic hydroxyl groups is 1. The van der Waals surface area contributed by atoms with E-state index in [1.807, 2.05) is 27.7 Å². The second kappa shape index (κ2) is 9.89. The lowest BCUT2D eigenvalue weighted by molar-refractivity contribution is 0.0353. The molecule has 2 aromatic heterocycles. The second-order valence-corrected chi connectivity index (χ2v) is 8.32. The van der Waals surface area contributed by atoms with Crippen LogP contribution in [0.5, 0.6) is 5.75 Å². The first kappa shape index (κ1) is 22.9. The Balaban J connectivity index is 1.65. The Labute approximate surface area is 170 Å². The molecular formula is C22H30O7. The van der Waals surface area contributed by atoms with E-state index in [0.29, 0.717) is 50.8 Å². The molecule has 2 rings (SSSR count). The lowest BCUT2D eigenvalue weighted by Gasteiger charge is -2.23. The summed E-state index contributed by atoms with van der Waals surface area (Å²) in [6, 6.07) is 4.22. The van der Waals surface area contributed by atoms with Crippen molar-refractivity contribution >= 4 is 0 Å². The minimum atomic E-state index is -0.452. The summed E-state index contributed by atoms with van der Waals surface area (Å²) in [5, 5.41) is 9.29. The zero-order valence-electron chi connectivity index (χ0n) is 17.5. The first-order chi connectivity index (χ1) is 13.6. The monoisotopic (exact) mass is 406 g/mol. The Hall–Kier alpha value is -2.38. The van der Waals surface area contributed by atoms with Crippen molar-refractivity contribution in [1.29, 1.82) is 0 Å². The third-order valence-electron chi connectivity index (χ3n) is 4.96. The molecule has 1 N–H and O–H groups in total. The summed E-state index contributed by atoms with van der Waals surface area (Å²) < 4.78 is 22.0. The SMILES string of the molecule is CC(C)(CCOCCOCCC(C)(C)c1cc(=O)c(O)co1)c1cc(=O)cco1. The highest BCUT2D eigenvalue weighted by Crippen LogP contribution is 2.27. The van der Waals surface area contributed by atoms with Crippen LogP contribution < -0.4 is 10.9 Å². The smallest absolute Gasteiger partial charge is 0.226 e. The van der Waals surface area contributed by atoms with E-state index in [-0.39, 0.29) is 10.8 Å². The van der Waals surface area contributed by atoms with Crippen molar-refractivity contribution in [1.82, 2.24) is 0 Å². The van der Waals surface area contributed by atoms with Crippen molar-refractivity contribution in [2.45, 2.75) is 51.4 Å². The molecule has 0 fully saturated rings. The van der Waals surface area contributed by atoms with Crippen molar-refractivity contribution in [2.24, 2.45) is 0 Å². The van der Waals surface area contributed by atoms with Gasteiger partial charge in [0, 0.05) is 42.2 Å². The zero-order valence-corrected chi connectivity index (χ0v) is 17.5. The van der Waals surface area contributed by atoms with Gasteiger partial charge in [-0.2, -0.15) is 0 Å². The summed E-state index contributed by atoms with van der Waals surface area (Å²) in [6.45, 7) is 9.85. The first-order valence-electron chi connectivity index (χ1n) is 9.69. The molecule has 2 heterocycles. The summed E-state index contributed by atoms with van der Waals surface area (Å²) in [5.41, 5.74) is -1.20. The van der Waals surface area contributed by atoms with E-state index in [9.17, 15) is 14.7 Å². The fourth-order valence-electron chi connectivity index (χ4n) is 2.72. The lowest BCUT2D eigenvalue weighted by atomic mass is 9.86. The highest BCUT2D eigenvalue weighted by Gasteiger charge is 2.25. The topological polar surface area (TPSA) is 99.1 Å². The zero-order chi connectivity index (χ0) is 21.5. The Morgan fingerprint density at radius 3 is 1.93 bits per heavy atom. The fraction of sp³-hybridized carbons (Fsp3) is 0.545. The van der Waals surface area contributed by atoms with Gasteiger partial charge in [-0.3, -0.25) is 9.59 Å². The van der Waals surface area contributed by atoms with Crippen LogP contribution in [-0.4, -0.2) is 31.5 Å². The van der Waals surface area contributed by atoms with Crippen LogP contribution in [0.4, 0.5) is 0 Å². The number of hydrogen-bond donors (Lipinski definition) is 1. The molecule has 0 aliphatic rings. The van der Waals surface area contributed by atoms with Gasteiger partial charge in [-0.1, -0.05) is 27.7 Å². The number of hydrogen-bond acceptors (Lipinski definition) is 7. The van der Waals surface area contributed by atoms with Gasteiger partial charge < -0.3 is 23.4 Å². The van der Waals surface area contributed by atoms with Crippen LogP contribution in [0.3, 0.4) is 0 Å². The van der Waals surface area contributed by atoms with Crippen molar-refractivity contribution in [2.75, 3.05) is 26.4 Å². The van der Waals surface area contributed by atoms with E-state index in [2.05, 4.69) is 0 Å². The molecule has 29 heavy (non-hydrogen) atoms. The van der Waals surface area contributed by atoms with Gasteiger partial charge in [0.2, 0.25) is 5.43 Å². The molecule has 0 aliphatic carbocycles. The Kier molecular flexibility index (Phi) is 7.81. The van der Waals surface area contributed by atoms with E-state index in [0.717, 1.165) is 6.26 Å². The molecule has 0 amide bonds. The van der Waals surface area contributed by atoms with Crippen LogP contribution in [0.15, 0.2) is 49.1 Å². The van der Waals surface area contributed by atoms with Gasteiger partial charge in [0.15, 0.2) is 11.2 Å². The quantitative estimate of drug-likeness (QED) is 0.571. The second-order valence-electron chi connectivity index (χ2n) is 8.32. The maximum atomic E-state index is 11.6. The van der Waals surface area contributed by atoms with Gasteiger partial charge in [-0.15, -0.1) is 0 Å². The van der Waals surface area contributed by atoms with E-state index in [1.54, 1.807) is 0 Å². The molecule has 7 heteroatoms. The third kappa shape index (κ3) is 6.87. The van der Waals surface area contributed by atoms with Crippen LogP contribution >= 0.6 is 0 Å². The first-order valence-corrected chi connectivity index (χ1v) is 9.69. The minimum Gasteiger partial charge on any atom is -0.502 e. The average Bonchev–Trinajstić information content (AvgIpc) is 2.66. The average molecular weight is 406 g/mol. The molecule has 160 valence electrons. The highest BCUT2D eigenvalue weighted by atomic mass is 16.5. The molecular weight excluding hydrogens is 376 g/mol.